The van der Waals surface area contributed by atoms with Gasteiger partial charge < -0.3 is 0 Å². The minimum absolute atomic E-state index is 0.228. The van der Waals surface area contributed by atoms with Crippen LogP contribution in [0.4, 0.5) is 0 Å². The summed E-state index contributed by atoms with van der Waals surface area (Å²) < 4.78 is 0. The smallest absolute Gasteiger partial charge is 0.0127 e. The second-order valence-corrected chi connectivity index (χ2v) is 15.1. The summed E-state index contributed by atoms with van der Waals surface area (Å²) in [6.07, 6.45) is 3.95. The zero-order valence-corrected chi connectivity index (χ0v) is 24.4. The Labute approximate surface area is 197 Å². The van der Waals surface area contributed by atoms with Gasteiger partial charge in [0.05, 0.1) is 0 Å². The molecule has 2 bridgehead atoms. The van der Waals surface area contributed by atoms with Crippen molar-refractivity contribution in [3.05, 3.63) is 0 Å². The van der Waals surface area contributed by atoms with E-state index in [1.807, 2.05) is 0 Å². The maximum Gasteiger partial charge on any atom is -0.0127 e. The van der Waals surface area contributed by atoms with Gasteiger partial charge in [0.15, 0.2) is 0 Å². The molecular formula is C31H58. The Morgan fingerprint density at radius 2 is 1.19 bits per heavy atom. The fourth-order valence-electron chi connectivity index (χ4n) is 13.1. The highest BCUT2D eigenvalue weighted by Gasteiger charge is 2.91. The highest BCUT2D eigenvalue weighted by atomic mass is 14.9. The van der Waals surface area contributed by atoms with Gasteiger partial charge >= 0.3 is 0 Å². The molecule has 3 saturated carbocycles. The van der Waals surface area contributed by atoms with E-state index < -0.39 is 0 Å². The highest BCUT2D eigenvalue weighted by molar-refractivity contribution is 5.38. The van der Waals surface area contributed by atoms with Gasteiger partial charge in [0.1, 0.15) is 0 Å². The molecule has 0 spiro atoms. The molecule has 3 fully saturated rings. The van der Waals surface area contributed by atoms with Crippen LogP contribution in [0.15, 0.2) is 0 Å². The molecule has 0 amide bonds. The molecule has 0 aromatic carbocycles. The van der Waals surface area contributed by atoms with E-state index in [2.05, 4.69) is 111 Å². The van der Waals surface area contributed by atoms with Gasteiger partial charge in [0.2, 0.25) is 0 Å². The molecule has 0 aliphatic heterocycles. The van der Waals surface area contributed by atoms with Crippen LogP contribution in [0.5, 0.6) is 0 Å². The van der Waals surface area contributed by atoms with Crippen LogP contribution in [0.1, 0.15) is 130 Å². The summed E-state index contributed by atoms with van der Waals surface area (Å²) in [6.45, 7) is 42.5. The molecule has 9 unspecified atom stereocenters. The van der Waals surface area contributed by atoms with Gasteiger partial charge in [-0.15, -0.1) is 0 Å². The molecule has 3 rings (SSSR count). The van der Waals surface area contributed by atoms with Gasteiger partial charge in [-0.1, -0.05) is 117 Å². The van der Waals surface area contributed by atoms with Crippen molar-refractivity contribution in [1.29, 1.82) is 0 Å². The number of fused-ring (bicyclic) bond motifs is 2. The third kappa shape index (κ3) is 1.91. The zero-order chi connectivity index (χ0) is 24.4. The Morgan fingerprint density at radius 1 is 0.710 bits per heavy atom. The monoisotopic (exact) mass is 430 g/mol. The van der Waals surface area contributed by atoms with Crippen LogP contribution in [0, 0.1) is 67.0 Å². The lowest BCUT2D eigenvalue weighted by atomic mass is 9.18. The van der Waals surface area contributed by atoms with E-state index >= 15 is 0 Å². The molecule has 9 atom stereocenters. The van der Waals surface area contributed by atoms with Crippen molar-refractivity contribution in [3.63, 3.8) is 0 Å². The van der Waals surface area contributed by atoms with Crippen molar-refractivity contribution in [2.75, 3.05) is 0 Å². The van der Waals surface area contributed by atoms with Gasteiger partial charge in [-0.05, 0) is 79.8 Å². The van der Waals surface area contributed by atoms with Gasteiger partial charge in [0.25, 0.3) is 0 Å². The quantitative estimate of drug-likeness (QED) is 0.416. The predicted octanol–water partition coefficient (Wildman–Crippen LogP) is 9.87. The van der Waals surface area contributed by atoms with E-state index in [1.54, 1.807) is 0 Å². The standard InChI is InChI=1S/C31H58/c1-17-21(5)29(15)26(12,18-2)24(8,9)25(10,11)30(16)22(6)23(7)31(20(3)4)27(29,13)19-28(30,31)14/h20-23H,17-19H2,1-16H3. The summed E-state index contributed by atoms with van der Waals surface area (Å²) in [5, 5.41) is 0. The Bertz CT molecular complexity index is 743. The number of hydrogen-bond donors (Lipinski definition) is 0. The molecule has 0 nitrogen and oxygen atoms in total. The van der Waals surface area contributed by atoms with Crippen LogP contribution < -0.4 is 0 Å². The van der Waals surface area contributed by atoms with Gasteiger partial charge in [-0.25, -0.2) is 0 Å². The first-order chi connectivity index (χ1) is 13.8. The first-order valence-corrected chi connectivity index (χ1v) is 13.8. The maximum atomic E-state index is 2.78. The molecular weight excluding hydrogens is 372 g/mol. The van der Waals surface area contributed by atoms with E-state index in [0.717, 1.165) is 11.8 Å². The predicted molar refractivity (Wildman–Crippen MR) is 138 cm³/mol. The van der Waals surface area contributed by atoms with E-state index in [4.69, 9.17) is 0 Å². The Kier molecular flexibility index (Phi) is 5.25. The molecule has 31 heavy (non-hydrogen) atoms. The first-order valence-electron chi connectivity index (χ1n) is 13.8. The fraction of sp³-hybridized carbons (Fsp3) is 1.00. The van der Waals surface area contributed by atoms with Gasteiger partial charge in [0, 0.05) is 0 Å². The average molecular weight is 431 g/mol. The molecule has 0 radical (unpaired) electrons. The van der Waals surface area contributed by atoms with Crippen LogP contribution in [0.25, 0.3) is 0 Å². The first kappa shape index (κ1) is 25.6. The van der Waals surface area contributed by atoms with Crippen LogP contribution in [-0.2, 0) is 0 Å². The number of rotatable bonds is 4. The Hall–Kier alpha value is 0. The average Bonchev–Trinajstić information content (AvgIpc) is 2.78. The van der Waals surface area contributed by atoms with Crippen molar-refractivity contribution in [2.24, 2.45) is 67.0 Å². The lowest BCUT2D eigenvalue weighted by Gasteiger charge is -2.86. The Balaban J connectivity index is 2.61. The van der Waals surface area contributed by atoms with E-state index in [9.17, 15) is 0 Å². The SMILES string of the molecule is CCC(C)C1(C)C(C)(CC)C(C)(C)C(C)(C)C2(C)C(C)C(C)C3(C(C)C)C2(C)CC13C. The Morgan fingerprint density at radius 3 is 1.58 bits per heavy atom. The van der Waals surface area contributed by atoms with Crippen molar-refractivity contribution < 1.29 is 0 Å². The molecule has 0 aromatic rings. The van der Waals surface area contributed by atoms with Crippen LogP contribution in [0.3, 0.4) is 0 Å². The summed E-state index contributed by atoms with van der Waals surface area (Å²) in [5.74, 6) is 2.90. The normalized spacial score (nSPS) is 56.0. The van der Waals surface area contributed by atoms with Crippen LogP contribution in [0.2, 0.25) is 0 Å². The highest BCUT2D eigenvalue weighted by Crippen LogP contribution is 2.96. The number of hydrogen-bond acceptors (Lipinski definition) is 0. The van der Waals surface area contributed by atoms with Crippen molar-refractivity contribution in [1.82, 2.24) is 0 Å². The van der Waals surface area contributed by atoms with Crippen LogP contribution in [-0.4, -0.2) is 0 Å². The summed E-state index contributed by atoms with van der Waals surface area (Å²) in [6, 6.07) is 0. The topological polar surface area (TPSA) is 0 Å². The van der Waals surface area contributed by atoms with Crippen molar-refractivity contribution in [3.8, 4) is 0 Å². The van der Waals surface area contributed by atoms with Crippen molar-refractivity contribution >= 4 is 0 Å². The molecule has 3 aliphatic rings. The molecule has 0 N–H and O–H groups in total. The zero-order valence-electron chi connectivity index (χ0n) is 24.4. The minimum atomic E-state index is 0.228. The summed E-state index contributed by atoms with van der Waals surface area (Å²) in [5.41, 5.74) is 2.45. The summed E-state index contributed by atoms with van der Waals surface area (Å²) >= 11 is 0. The second kappa shape index (κ2) is 6.36. The molecule has 182 valence electrons. The van der Waals surface area contributed by atoms with E-state index in [-0.39, 0.29) is 21.7 Å². The van der Waals surface area contributed by atoms with E-state index in [0.29, 0.717) is 33.5 Å². The van der Waals surface area contributed by atoms with Gasteiger partial charge in [-0.3, -0.25) is 0 Å². The van der Waals surface area contributed by atoms with Crippen molar-refractivity contribution in [2.45, 2.75) is 130 Å². The third-order valence-corrected chi connectivity index (χ3v) is 15.8. The van der Waals surface area contributed by atoms with Crippen LogP contribution >= 0.6 is 0 Å². The van der Waals surface area contributed by atoms with E-state index in [1.165, 1.54) is 19.3 Å². The molecule has 0 heteroatoms. The molecule has 0 saturated heterocycles. The largest absolute Gasteiger partial charge is 0.0651 e. The molecule has 0 heterocycles. The fourth-order valence-corrected chi connectivity index (χ4v) is 13.1. The molecule has 3 aliphatic carbocycles. The summed E-state index contributed by atoms with van der Waals surface area (Å²) in [4.78, 5) is 0. The lowest BCUT2D eigenvalue weighted by molar-refractivity contribution is -0.389. The summed E-state index contributed by atoms with van der Waals surface area (Å²) in [7, 11) is 0. The lowest BCUT2D eigenvalue weighted by Crippen LogP contribution is -2.81. The maximum absolute atomic E-state index is 2.78. The minimum Gasteiger partial charge on any atom is -0.0651 e. The second-order valence-electron chi connectivity index (χ2n) is 15.1. The third-order valence-electron chi connectivity index (χ3n) is 15.8. The molecule has 0 aromatic heterocycles. The van der Waals surface area contributed by atoms with Gasteiger partial charge in [-0.2, -0.15) is 0 Å².